The molecule has 0 bridgehead atoms. The second-order valence-corrected chi connectivity index (χ2v) is 6.48. The lowest BCUT2D eigenvalue weighted by Crippen LogP contribution is -2.04. The molecule has 0 unspecified atom stereocenters. The molecule has 96 valence electrons. The van der Waals surface area contributed by atoms with Crippen LogP contribution in [0.15, 0.2) is 28.5 Å². The zero-order valence-corrected chi connectivity index (χ0v) is 12.3. The topological polar surface area (TPSA) is 66.9 Å². The summed E-state index contributed by atoms with van der Waals surface area (Å²) in [5.74, 6) is -0.184. The van der Waals surface area contributed by atoms with Crippen LogP contribution in [0.5, 0.6) is 0 Å². The van der Waals surface area contributed by atoms with Crippen molar-refractivity contribution in [1.29, 1.82) is 5.26 Å². The van der Waals surface area contributed by atoms with Crippen LogP contribution in [0.2, 0.25) is 5.02 Å². The molecule has 2 N–H and O–H groups in total. The van der Waals surface area contributed by atoms with E-state index in [9.17, 15) is 4.79 Å². The summed E-state index contributed by atoms with van der Waals surface area (Å²) >= 11 is 8.12. The standard InChI is InChI=1S/C13H9ClN2OS2/c1-7-11(16)10(13(19-7)18-6-15)12(17)8-2-4-9(14)5-3-8/h2-5H,16H2,1H3. The van der Waals surface area contributed by atoms with Gasteiger partial charge in [0, 0.05) is 27.2 Å². The van der Waals surface area contributed by atoms with Gasteiger partial charge in [-0.15, -0.1) is 11.3 Å². The quantitative estimate of drug-likeness (QED) is 0.526. The first-order valence-corrected chi connectivity index (χ1v) is 7.30. The molecule has 0 radical (unpaired) electrons. The van der Waals surface area contributed by atoms with E-state index in [1.54, 1.807) is 24.3 Å². The molecule has 3 nitrogen and oxygen atoms in total. The number of thioether (sulfide) groups is 1. The number of rotatable bonds is 3. The number of aryl methyl sites for hydroxylation is 1. The number of hydrogen-bond donors (Lipinski definition) is 1. The number of nitrogens with zero attached hydrogens (tertiary/aromatic N) is 1. The van der Waals surface area contributed by atoms with Gasteiger partial charge in [0.15, 0.2) is 5.78 Å². The lowest BCUT2D eigenvalue weighted by Gasteiger charge is -2.03. The van der Waals surface area contributed by atoms with Gasteiger partial charge in [-0.05, 0) is 31.2 Å². The zero-order valence-electron chi connectivity index (χ0n) is 9.94. The van der Waals surface area contributed by atoms with E-state index in [1.807, 2.05) is 12.3 Å². The number of ketones is 1. The number of halogens is 1. The van der Waals surface area contributed by atoms with Gasteiger partial charge >= 0.3 is 0 Å². The molecule has 0 atom stereocenters. The Balaban J connectivity index is 2.49. The van der Waals surface area contributed by atoms with Gasteiger partial charge in [-0.3, -0.25) is 4.79 Å². The van der Waals surface area contributed by atoms with E-state index in [2.05, 4.69) is 0 Å². The molecule has 6 heteroatoms. The molecule has 0 fully saturated rings. The highest BCUT2D eigenvalue weighted by atomic mass is 35.5. The Morgan fingerprint density at radius 2 is 2.05 bits per heavy atom. The summed E-state index contributed by atoms with van der Waals surface area (Å²) < 4.78 is 0.637. The van der Waals surface area contributed by atoms with Gasteiger partial charge in [-0.25, -0.2) is 0 Å². The van der Waals surface area contributed by atoms with Gasteiger partial charge in [-0.2, -0.15) is 5.26 Å². The van der Waals surface area contributed by atoms with Crippen molar-refractivity contribution in [2.75, 3.05) is 5.73 Å². The van der Waals surface area contributed by atoms with E-state index < -0.39 is 0 Å². The summed E-state index contributed by atoms with van der Waals surface area (Å²) in [6, 6.07) is 6.61. The van der Waals surface area contributed by atoms with Crippen LogP contribution < -0.4 is 5.73 Å². The number of anilines is 1. The molecular weight excluding hydrogens is 300 g/mol. The normalized spacial score (nSPS) is 10.2. The van der Waals surface area contributed by atoms with Crippen molar-refractivity contribution < 1.29 is 4.79 Å². The van der Waals surface area contributed by atoms with E-state index in [1.165, 1.54) is 11.3 Å². The van der Waals surface area contributed by atoms with E-state index in [-0.39, 0.29) is 5.78 Å². The Kier molecular flexibility index (Phi) is 4.15. The molecule has 0 spiro atoms. The fourth-order valence-corrected chi connectivity index (χ4v) is 3.57. The molecule has 0 amide bonds. The number of thiophene rings is 1. The third-order valence-electron chi connectivity index (χ3n) is 2.57. The van der Waals surface area contributed by atoms with Crippen LogP contribution in [0.1, 0.15) is 20.8 Å². The fraction of sp³-hybridized carbons (Fsp3) is 0.0769. The molecule has 0 aliphatic carbocycles. The number of nitriles is 1. The molecule has 1 heterocycles. The number of carbonyl (C=O) groups is 1. The fourth-order valence-electron chi connectivity index (χ4n) is 1.60. The van der Waals surface area contributed by atoms with Gasteiger partial charge in [0.25, 0.3) is 0 Å². The molecule has 2 aromatic rings. The van der Waals surface area contributed by atoms with E-state index >= 15 is 0 Å². The Labute approximate surface area is 124 Å². The van der Waals surface area contributed by atoms with Crippen molar-refractivity contribution in [3.63, 3.8) is 0 Å². The van der Waals surface area contributed by atoms with Gasteiger partial charge in [0.05, 0.1) is 15.5 Å². The molecule has 0 aliphatic rings. The number of carbonyl (C=O) groups excluding carboxylic acids is 1. The minimum absolute atomic E-state index is 0.184. The predicted molar refractivity (Wildman–Crippen MR) is 79.8 cm³/mol. The van der Waals surface area contributed by atoms with Crippen LogP contribution in [0.25, 0.3) is 0 Å². The first-order chi connectivity index (χ1) is 9.04. The molecule has 19 heavy (non-hydrogen) atoms. The third-order valence-corrected chi connectivity index (χ3v) is 4.72. The molecule has 0 aliphatic heterocycles. The Bertz CT molecular complexity index is 671. The van der Waals surface area contributed by atoms with Crippen LogP contribution in [0.4, 0.5) is 5.69 Å². The number of hydrogen-bond acceptors (Lipinski definition) is 5. The van der Waals surface area contributed by atoms with E-state index in [0.717, 1.165) is 16.6 Å². The maximum absolute atomic E-state index is 12.4. The lowest BCUT2D eigenvalue weighted by atomic mass is 10.0. The van der Waals surface area contributed by atoms with E-state index in [4.69, 9.17) is 22.6 Å². The summed E-state index contributed by atoms with van der Waals surface area (Å²) in [5.41, 5.74) is 7.31. The Morgan fingerprint density at radius 1 is 1.42 bits per heavy atom. The molecule has 0 saturated heterocycles. The zero-order chi connectivity index (χ0) is 14.0. The highest BCUT2D eigenvalue weighted by molar-refractivity contribution is 8.05. The summed E-state index contributed by atoms with van der Waals surface area (Å²) in [6.45, 7) is 1.83. The highest BCUT2D eigenvalue weighted by Gasteiger charge is 2.21. The van der Waals surface area contributed by atoms with Crippen molar-refractivity contribution in [3.05, 3.63) is 45.3 Å². The van der Waals surface area contributed by atoms with Crippen LogP contribution in [-0.4, -0.2) is 5.78 Å². The second-order valence-electron chi connectivity index (χ2n) is 3.76. The summed E-state index contributed by atoms with van der Waals surface area (Å²) in [6.07, 6.45) is 0. The predicted octanol–water partition coefficient (Wildman–Crippen LogP) is 4.10. The molecular formula is C13H9ClN2OS2. The van der Waals surface area contributed by atoms with Crippen LogP contribution >= 0.6 is 34.7 Å². The number of nitrogen functional groups attached to an aromatic ring is 1. The van der Waals surface area contributed by atoms with Gasteiger partial charge < -0.3 is 5.73 Å². The maximum Gasteiger partial charge on any atom is 0.197 e. The van der Waals surface area contributed by atoms with Crippen molar-refractivity contribution in [2.24, 2.45) is 0 Å². The van der Waals surface area contributed by atoms with Gasteiger partial charge in [0.1, 0.15) is 5.40 Å². The average Bonchev–Trinajstić information content (AvgIpc) is 2.66. The minimum Gasteiger partial charge on any atom is -0.397 e. The summed E-state index contributed by atoms with van der Waals surface area (Å²) in [5, 5.41) is 11.3. The molecule has 1 aromatic carbocycles. The largest absolute Gasteiger partial charge is 0.397 e. The Morgan fingerprint density at radius 3 is 2.63 bits per heavy atom. The van der Waals surface area contributed by atoms with Crippen LogP contribution in [0, 0.1) is 17.6 Å². The van der Waals surface area contributed by atoms with E-state index in [0.29, 0.717) is 26.0 Å². The Hall–Kier alpha value is -1.48. The van der Waals surface area contributed by atoms with Gasteiger partial charge in [0.2, 0.25) is 0 Å². The van der Waals surface area contributed by atoms with Crippen molar-refractivity contribution >= 4 is 46.2 Å². The van der Waals surface area contributed by atoms with Crippen molar-refractivity contribution in [2.45, 2.75) is 11.1 Å². The van der Waals surface area contributed by atoms with Crippen molar-refractivity contribution in [1.82, 2.24) is 0 Å². The number of thiocyanates is 1. The van der Waals surface area contributed by atoms with Crippen LogP contribution in [-0.2, 0) is 0 Å². The second kappa shape index (κ2) is 5.66. The summed E-state index contributed by atoms with van der Waals surface area (Å²) in [4.78, 5) is 13.3. The molecule has 1 aromatic heterocycles. The van der Waals surface area contributed by atoms with Crippen molar-refractivity contribution in [3.8, 4) is 5.40 Å². The summed E-state index contributed by atoms with van der Waals surface area (Å²) in [7, 11) is 0. The lowest BCUT2D eigenvalue weighted by molar-refractivity contribution is 0.103. The smallest absolute Gasteiger partial charge is 0.197 e. The first kappa shape index (κ1) is 13.9. The molecule has 0 saturated carbocycles. The van der Waals surface area contributed by atoms with Crippen LogP contribution in [0.3, 0.4) is 0 Å². The maximum atomic E-state index is 12.4. The SMILES string of the molecule is Cc1sc(SC#N)c(C(=O)c2ccc(Cl)cc2)c1N. The first-order valence-electron chi connectivity index (χ1n) is 5.29. The van der Waals surface area contributed by atoms with Gasteiger partial charge in [-0.1, -0.05) is 11.6 Å². The average molecular weight is 309 g/mol. The third kappa shape index (κ3) is 2.76. The minimum atomic E-state index is -0.184. The molecule has 2 rings (SSSR count). The monoisotopic (exact) mass is 308 g/mol. The number of nitrogens with two attached hydrogens (primary N) is 1. The highest BCUT2D eigenvalue weighted by Crippen LogP contribution is 2.38. The number of benzene rings is 1.